The van der Waals surface area contributed by atoms with E-state index in [0.717, 1.165) is 5.56 Å². The lowest BCUT2D eigenvalue weighted by molar-refractivity contribution is -0.123. The lowest BCUT2D eigenvalue weighted by Crippen LogP contribution is -2.34. The summed E-state index contributed by atoms with van der Waals surface area (Å²) in [5.41, 5.74) is 0.543. The van der Waals surface area contributed by atoms with Gasteiger partial charge in [0.1, 0.15) is 11.6 Å². The summed E-state index contributed by atoms with van der Waals surface area (Å²) in [6, 6.07) is 12.4. The lowest BCUT2D eigenvalue weighted by Gasteiger charge is -2.16. The van der Waals surface area contributed by atoms with Crippen molar-refractivity contribution in [3.8, 4) is 0 Å². The van der Waals surface area contributed by atoms with Crippen LogP contribution in [0.1, 0.15) is 24.0 Å². The lowest BCUT2D eigenvalue weighted by atomic mass is 9.94. The number of benzene rings is 2. The second kappa shape index (κ2) is 5.28. The van der Waals surface area contributed by atoms with Crippen LogP contribution in [0.4, 0.5) is 8.78 Å². The Bertz CT molecular complexity index is 663. The molecule has 1 aliphatic rings. The smallest absolute Gasteiger partial charge is 0.231 e. The van der Waals surface area contributed by atoms with Gasteiger partial charge in [-0.25, -0.2) is 8.78 Å². The van der Waals surface area contributed by atoms with Crippen LogP contribution in [0.3, 0.4) is 0 Å². The minimum absolute atomic E-state index is 0.170. The highest BCUT2D eigenvalue weighted by Gasteiger charge is 2.52. The first-order chi connectivity index (χ1) is 10.1. The molecule has 0 atom stereocenters. The van der Waals surface area contributed by atoms with Crippen molar-refractivity contribution in [1.29, 1.82) is 0 Å². The first-order valence-corrected chi connectivity index (χ1v) is 6.90. The summed E-state index contributed by atoms with van der Waals surface area (Å²) >= 11 is 0. The van der Waals surface area contributed by atoms with Gasteiger partial charge in [-0.2, -0.15) is 0 Å². The Hall–Kier alpha value is -2.23. The predicted octanol–water partition coefficient (Wildman–Crippen LogP) is 3.31. The van der Waals surface area contributed by atoms with Crippen molar-refractivity contribution in [3.05, 3.63) is 71.3 Å². The van der Waals surface area contributed by atoms with E-state index in [4.69, 9.17) is 0 Å². The van der Waals surface area contributed by atoms with E-state index in [1.807, 2.05) is 0 Å². The molecule has 2 aromatic rings. The van der Waals surface area contributed by atoms with Crippen LogP contribution in [-0.4, -0.2) is 5.91 Å². The number of hydrogen-bond acceptors (Lipinski definition) is 1. The van der Waals surface area contributed by atoms with Crippen LogP contribution in [0.5, 0.6) is 0 Å². The van der Waals surface area contributed by atoms with E-state index in [1.54, 1.807) is 30.3 Å². The van der Waals surface area contributed by atoms with Gasteiger partial charge in [0.15, 0.2) is 0 Å². The molecule has 2 aromatic carbocycles. The minimum Gasteiger partial charge on any atom is -0.351 e. The zero-order valence-electron chi connectivity index (χ0n) is 11.4. The zero-order valence-corrected chi connectivity index (χ0v) is 11.4. The van der Waals surface area contributed by atoms with Crippen molar-refractivity contribution < 1.29 is 13.6 Å². The molecule has 3 rings (SSSR count). The standard InChI is InChI=1S/C17H15F2NO/c18-13-7-5-12(6-8-13)11-20-16(21)17(9-10-17)14-3-1-2-4-15(14)19/h1-8H,9-11H2,(H,20,21). The van der Waals surface area contributed by atoms with E-state index in [2.05, 4.69) is 5.32 Å². The summed E-state index contributed by atoms with van der Waals surface area (Å²) in [5.74, 6) is -0.820. The quantitative estimate of drug-likeness (QED) is 0.918. The molecule has 1 N–H and O–H groups in total. The summed E-state index contributed by atoms with van der Waals surface area (Å²) in [6.07, 6.45) is 1.31. The predicted molar refractivity (Wildman–Crippen MR) is 75.6 cm³/mol. The van der Waals surface area contributed by atoms with Gasteiger partial charge in [0.05, 0.1) is 5.41 Å². The number of halogens is 2. The van der Waals surface area contributed by atoms with Gasteiger partial charge in [-0.3, -0.25) is 4.79 Å². The first kappa shape index (κ1) is 13.7. The molecule has 1 fully saturated rings. The molecule has 0 aliphatic heterocycles. The molecule has 0 spiro atoms. The number of rotatable bonds is 4. The molecule has 0 radical (unpaired) electrons. The summed E-state index contributed by atoms with van der Waals surface area (Å²) < 4.78 is 26.7. The average Bonchev–Trinajstić information content (AvgIpc) is 3.28. The Morgan fingerprint density at radius 3 is 2.33 bits per heavy atom. The van der Waals surface area contributed by atoms with E-state index in [0.29, 0.717) is 24.9 Å². The summed E-state index contributed by atoms with van der Waals surface area (Å²) in [6.45, 7) is 0.315. The minimum atomic E-state index is -0.731. The van der Waals surface area contributed by atoms with E-state index in [9.17, 15) is 13.6 Å². The second-order valence-electron chi connectivity index (χ2n) is 5.37. The topological polar surface area (TPSA) is 29.1 Å². The van der Waals surface area contributed by atoms with Crippen LogP contribution in [0.15, 0.2) is 48.5 Å². The third-order valence-corrected chi connectivity index (χ3v) is 3.94. The molecular weight excluding hydrogens is 272 g/mol. The van der Waals surface area contributed by atoms with Crippen LogP contribution >= 0.6 is 0 Å². The highest BCUT2D eigenvalue weighted by molar-refractivity contribution is 5.91. The average molecular weight is 287 g/mol. The first-order valence-electron chi connectivity index (χ1n) is 6.90. The molecule has 1 aliphatic carbocycles. The van der Waals surface area contributed by atoms with Gasteiger partial charge in [-0.15, -0.1) is 0 Å². The van der Waals surface area contributed by atoms with E-state index < -0.39 is 5.41 Å². The molecule has 1 amide bonds. The van der Waals surface area contributed by atoms with Gasteiger partial charge in [-0.1, -0.05) is 30.3 Å². The summed E-state index contributed by atoms with van der Waals surface area (Å²) in [7, 11) is 0. The SMILES string of the molecule is O=C(NCc1ccc(F)cc1)C1(c2ccccc2F)CC1. The number of amides is 1. The molecule has 2 nitrogen and oxygen atoms in total. The molecule has 0 heterocycles. The van der Waals surface area contributed by atoms with Crippen LogP contribution in [0.25, 0.3) is 0 Å². The Labute approximate surface area is 121 Å². The van der Waals surface area contributed by atoms with Gasteiger partial charge in [0, 0.05) is 12.1 Å². The third-order valence-electron chi connectivity index (χ3n) is 3.94. The zero-order chi connectivity index (χ0) is 14.9. The van der Waals surface area contributed by atoms with Gasteiger partial charge >= 0.3 is 0 Å². The Morgan fingerprint density at radius 2 is 1.71 bits per heavy atom. The van der Waals surface area contributed by atoms with Crippen molar-refractivity contribution in [1.82, 2.24) is 5.32 Å². The Balaban J connectivity index is 1.71. The molecule has 108 valence electrons. The largest absolute Gasteiger partial charge is 0.351 e. The van der Waals surface area contributed by atoms with Crippen LogP contribution in [0.2, 0.25) is 0 Å². The second-order valence-corrected chi connectivity index (χ2v) is 5.37. The van der Waals surface area contributed by atoms with Crippen LogP contribution in [0, 0.1) is 11.6 Å². The molecule has 4 heteroatoms. The molecule has 0 unspecified atom stereocenters. The maximum absolute atomic E-state index is 13.9. The number of hydrogen-bond donors (Lipinski definition) is 1. The van der Waals surface area contributed by atoms with E-state index >= 15 is 0 Å². The van der Waals surface area contributed by atoms with Gasteiger partial charge in [0.25, 0.3) is 0 Å². The molecular formula is C17H15F2NO. The maximum Gasteiger partial charge on any atom is 0.231 e. The fourth-order valence-electron chi connectivity index (χ4n) is 2.55. The van der Waals surface area contributed by atoms with Crippen molar-refractivity contribution in [2.45, 2.75) is 24.8 Å². The third kappa shape index (κ3) is 2.66. The van der Waals surface area contributed by atoms with Crippen LogP contribution in [-0.2, 0) is 16.8 Å². The van der Waals surface area contributed by atoms with Gasteiger partial charge in [0.2, 0.25) is 5.91 Å². The van der Waals surface area contributed by atoms with Crippen molar-refractivity contribution >= 4 is 5.91 Å². The van der Waals surface area contributed by atoms with E-state index in [1.165, 1.54) is 18.2 Å². The monoisotopic (exact) mass is 287 g/mol. The van der Waals surface area contributed by atoms with Crippen molar-refractivity contribution in [2.75, 3.05) is 0 Å². The molecule has 0 bridgehead atoms. The van der Waals surface area contributed by atoms with Crippen molar-refractivity contribution in [3.63, 3.8) is 0 Å². The summed E-state index contributed by atoms with van der Waals surface area (Å²) in [4.78, 5) is 12.4. The number of carbonyl (C=O) groups is 1. The number of carbonyl (C=O) groups excluding carboxylic acids is 1. The maximum atomic E-state index is 13.9. The molecule has 0 aromatic heterocycles. The van der Waals surface area contributed by atoms with Crippen LogP contribution < -0.4 is 5.32 Å². The van der Waals surface area contributed by atoms with Crippen molar-refractivity contribution in [2.24, 2.45) is 0 Å². The molecule has 0 saturated heterocycles. The highest BCUT2D eigenvalue weighted by atomic mass is 19.1. The van der Waals surface area contributed by atoms with E-state index in [-0.39, 0.29) is 17.5 Å². The highest BCUT2D eigenvalue weighted by Crippen LogP contribution is 2.49. The fraction of sp³-hybridized carbons (Fsp3) is 0.235. The Morgan fingerprint density at radius 1 is 1.05 bits per heavy atom. The Kier molecular flexibility index (Phi) is 3.45. The van der Waals surface area contributed by atoms with Gasteiger partial charge < -0.3 is 5.32 Å². The number of nitrogens with one attached hydrogen (secondary N) is 1. The molecule has 21 heavy (non-hydrogen) atoms. The fourth-order valence-corrected chi connectivity index (χ4v) is 2.55. The normalized spacial score (nSPS) is 15.5. The van der Waals surface area contributed by atoms with Gasteiger partial charge in [-0.05, 0) is 36.6 Å². The summed E-state index contributed by atoms with van der Waals surface area (Å²) in [5, 5.41) is 2.82. The molecule has 1 saturated carbocycles.